The zero-order valence-electron chi connectivity index (χ0n) is 15.6. The molecule has 3 rings (SSSR count). The first kappa shape index (κ1) is 19.7. The van der Waals surface area contributed by atoms with Crippen molar-refractivity contribution in [1.29, 1.82) is 0 Å². The lowest BCUT2D eigenvalue weighted by Gasteiger charge is -2.10. The van der Waals surface area contributed by atoms with Crippen LogP contribution >= 0.6 is 11.8 Å². The Morgan fingerprint density at radius 1 is 1.14 bits per heavy atom. The molecular weight excluding hydrogens is 376 g/mol. The van der Waals surface area contributed by atoms with Crippen molar-refractivity contribution in [3.8, 4) is 0 Å². The highest BCUT2D eigenvalue weighted by molar-refractivity contribution is 7.98. The van der Waals surface area contributed by atoms with Gasteiger partial charge in [0.25, 0.3) is 5.91 Å². The number of nitrogens with one attached hydrogen (secondary N) is 1. The number of hydrogen-bond donors (Lipinski definition) is 1. The summed E-state index contributed by atoms with van der Waals surface area (Å²) in [7, 11) is 0. The maximum atomic E-state index is 12.8. The van der Waals surface area contributed by atoms with Crippen molar-refractivity contribution in [3.63, 3.8) is 0 Å². The van der Waals surface area contributed by atoms with E-state index in [0.717, 1.165) is 16.3 Å². The number of nitrogens with zero attached hydrogens (tertiary/aromatic N) is 1. The molecule has 144 valence electrons. The smallest absolute Gasteiger partial charge is 0.338 e. The number of anilines is 1. The minimum absolute atomic E-state index is 0.252. The van der Waals surface area contributed by atoms with Gasteiger partial charge in [-0.15, -0.1) is 11.8 Å². The van der Waals surface area contributed by atoms with Gasteiger partial charge in [0.1, 0.15) is 5.76 Å². The molecule has 28 heavy (non-hydrogen) atoms. The lowest BCUT2D eigenvalue weighted by atomic mass is 10.1. The van der Waals surface area contributed by atoms with Crippen LogP contribution in [0.2, 0.25) is 0 Å². The van der Waals surface area contributed by atoms with Crippen LogP contribution in [0.5, 0.6) is 0 Å². The van der Waals surface area contributed by atoms with E-state index in [0.29, 0.717) is 29.2 Å². The second-order valence-corrected chi connectivity index (χ2v) is 6.99. The normalized spacial score (nSPS) is 10.5. The van der Waals surface area contributed by atoms with E-state index in [1.165, 1.54) is 11.8 Å². The lowest BCUT2D eigenvalue weighted by Crippen LogP contribution is -2.13. The number of hydrogen-bond acceptors (Lipinski definition) is 6. The van der Waals surface area contributed by atoms with Gasteiger partial charge in [-0.1, -0.05) is 23.4 Å². The van der Waals surface area contributed by atoms with E-state index in [4.69, 9.17) is 9.26 Å². The molecule has 1 N–H and O–H groups in total. The van der Waals surface area contributed by atoms with Gasteiger partial charge in [0.05, 0.1) is 29.2 Å². The quantitative estimate of drug-likeness (QED) is 0.460. The fourth-order valence-electron chi connectivity index (χ4n) is 2.55. The van der Waals surface area contributed by atoms with Crippen LogP contribution in [-0.4, -0.2) is 23.6 Å². The topological polar surface area (TPSA) is 81.4 Å². The van der Waals surface area contributed by atoms with Crippen molar-refractivity contribution < 1.29 is 18.8 Å². The van der Waals surface area contributed by atoms with E-state index in [1.807, 2.05) is 31.2 Å². The Kier molecular flexibility index (Phi) is 6.49. The largest absolute Gasteiger partial charge is 0.462 e. The summed E-state index contributed by atoms with van der Waals surface area (Å²) in [6.07, 6.45) is 0. The number of thioether (sulfide) groups is 1. The van der Waals surface area contributed by atoms with Crippen molar-refractivity contribution in [3.05, 3.63) is 77.2 Å². The zero-order chi connectivity index (χ0) is 19.9. The number of aromatic nitrogens is 1. The molecule has 0 unspecified atom stereocenters. The van der Waals surface area contributed by atoms with Gasteiger partial charge in [0, 0.05) is 16.6 Å². The van der Waals surface area contributed by atoms with Gasteiger partial charge in [0.2, 0.25) is 0 Å². The molecule has 0 fully saturated rings. The Bertz CT molecular complexity index is 984. The predicted molar refractivity (Wildman–Crippen MR) is 108 cm³/mol. The minimum Gasteiger partial charge on any atom is -0.462 e. The predicted octanol–water partition coefficient (Wildman–Crippen LogP) is 4.70. The molecule has 0 aliphatic heterocycles. The number of ether oxygens (including phenoxy) is 1. The lowest BCUT2D eigenvalue weighted by molar-refractivity contribution is 0.0526. The highest BCUT2D eigenvalue weighted by Crippen LogP contribution is 2.27. The van der Waals surface area contributed by atoms with Crippen LogP contribution < -0.4 is 5.32 Å². The molecule has 0 saturated carbocycles. The Morgan fingerprint density at radius 2 is 1.96 bits per heavy atom. The highest BCUT2D eigenvalue weighted by Gasteiger charge is 2.14. The number of aryl methyl sites for hydroxylation is 1. The molecule has 0 bridgehead atoms. The first-order chi connectivity index (χ1) is 13.6. The van der Waals surface area contributed by atoms with Crippen LogP contribution in [0.3, 0.4) is 0 Å². The molecular formula is C21H20N2O4S. The molecule has 0 aliphatic carbocycles. The molecule has 0 spiro atoms. The second-order valence-electron chi connectivity index (χ2n) is 5.97. The van der Waals surface area contributed by atoms with E-state index >= 15 is 0 Å². The second kappa shape index (κ2) is 9.23. The molecule has 0 atom stereocenters. The van der Waals surface area contributed by atoms with Crippen molar-refractivity contribution in [2.75, 3.05) is 11.9 Å². The average Bonchev–Trinajstić information content (AvgIpc) is 3.12. The molecule has 0 radical (unpaired) electrons. The first-order valence-corrected chi connectivity index (χ1v) is 9.78. The Balaban J connectivity index is 1.72. The fourth-order valence-corrected chi connectivity index (χ4v) is 3.47. The number of carbonyl (C=O) groups is 2. The highest BCUT2D eigenvalue weighted by atomic mass is 32.2. The summed E-state index contributed by atoms with van der Waals surface area (Å²) in [5.41, 5.74) is 2.29. The van der Waals surface area contributed by atoms with Crippen LogP contribution in [0.1, 0.15) is 39.1 Å². The van der Waals surface area contributed by atoms with Crippen LogP contribution in [0.15, 0.2) is 64.0 Å². The average molecular weight is 396 g/mol. The van der Waals surface area contributed by atoms with E-state index in [2.05, 4.69) is 10.5 Å². The van der Waals surface area contributed by atoms with Crippen LogP contribution in [0.25, 0.3) is 0 Å². The van der Waals surface area contributed by atoms with E-state index in [-0.39, 0.29) is 5.91 Å². The summed E-state index contributed by atoms with van der Waals surface area (Å²) in [6.45, 7) is 3.91. The third-order valence-corrected chi connectivity index (χ3v) is 4.91. The Morgan fingerprint density at radius 3 is 2.71 bits per heavy atom. The van der Waals surface area contributed by atoms with Gasteiger partial charge in [0.15, 0.2) is 0 Å². The molecule has 2 aromatic carbocycles. The van der Waals surface area contributed by atoms with Crippen LogP contribution in [0.4, 0.5) is 5.69 Å². The zero-order valence-corrected chi connectivity index (χ0v) is 16.4. The maximum Gasteiger partial charge on any atom is 0.338 e. The Labute approximate surface area is 167 Å². The standard InChI is InChI=1S/C21H20N2O4S/c1-3-26-21(25)15-7-6-8-16(12-15)22-20(24)18-9-4-5-10-19(18)28-13-17-11-14(2)23-27-17/h4-12H,3,13H2,1-2H3,(H,22,24). The van der Waals surface area contributed by atoms with Gasteiger partial charge in [-0.3, -0.25) is 4.79 Å². The number of carbonyl (C=O) groups excluding carboxylic acids is 2. The van der Waals surface area contributed by atoms with E-state index in [1.54, 1.807) is 37.3 Å². The molecule has 7 heteroatoms. The third-order valence-electron chi connectivity index (χ3n) is 3.81. The molecule has 0 saturated heterocycles. The van der Waals surface area contributed by atoms with Crippen LogP contribution in [-0.2, 0) is 10.5 Å². The molecule has 1 aromatic heterocycles. The SMILES string of the molecule is CCOC(=O)c1cccc(NC(=O)c2ccccc2SCc2cc(C)no2)c1. The summed E-state index contributed by atoms with van der Waals surface area (Å²) >= 11 is 1.50. The molecule has 0 aliphatic rings. The van der Waals surface area contributed by atoms with Crippen molar-refractivity contribution in [2.45, 2.75) is 24.5 Å². The van der Waals surface area contributed by atoms with Crippen molar-refractivity contribution in [2.24, 2.45) is 0 Å². The summed E-state index contributed by atoms with van der Waals surface area (Å²) < 4.78 is 10.2. The number of esters is 1. The molecule has 3 aromatic rings. The summed E-state index contributed by atoms with van der Waals surface area (Å²) in [5.74, 6) is 0.651. The Hall–Kier alpha value is -3.06. The fraction of sp³-hybridized carbons (Fsp3) is 0.190. The first-order valence-electron chi connectivity index (χ1n) is 8.79. The number of amides is 1. The summed E-state index contributed by atoms with van der Waals surface area (Å²) in [5, 5.41) is 6.71. The van der Waals surface area contributed by atoms with E-state index < -0.39 is 5.97 Å². The minimum atomic E-state index is -0.420. The molecule has 1 amide bonds. The number of benzene rings is 2. The monoisotopic (exact) mass is 396 g/mol. The maximum absolute atomic E-state index is 12.8. The van der Waals surface area contributed by atoms with Gasteiger partial charge in [-0.2, -0.15) is 0 Å². The van der Waals surface area contributed by atoms with Crippen molar-refractivity contribution >= 4 is 29.3 Å². The van der Waals surface area contributed by atoms with Gasteiger partial charge in [-0.05, 0) is 44.2 Å². The van der Waals surface area contributed by atoms with Crippen molar-refractivity contribution in [1.82, 2.24) is 5.16 Å². The molecule has 1 heterocycles. The number of rotatable bonds is 7. The summed E-state index contributed by atoms with van der Waals surface area (Å²) in [6, 6.07) is 15.9. The molecule has 6 nitrogen and oxygen atoms in total. The van der Waals surface area contributed by atoms with Gasteiger partial charge < -0.3 is 14.6 Å². The third kappa shape index (κ3) is 5.01. The van der Waals surface area contributed by atoms with Gasteiger partial charge >= 0.3 is 5.97 Å². The summed E-state index contributed by atoms with van der Waals surface area (Å²) in [4.78, 5) is 25.5. The van der Waals surface area contributed by atoms with Gasteiger partial charge in [-0.25, -0.2) is 4.79 Å². The van der Waals surface area contributed by atoms with E-state index in [9.17, 15) is 9.59 Å². The van der Waals surface area contributed by atoms with Crippen LogP contribution in [0, 0.1) is 6.92 Å².